The molecule has 2 amide bonds. The van der Waals surface area contributed by atoms with Crippen LogP contribution < -0.4 is 15.4 Å². The number of phenols is 1. The van der Waals surface area contributed by atoms with E-state index in [1.807, 2.05) is 13.8 Å². The van der Waals surface area contributed by atoms with Crippen molar-refractivity contribution in [3.8, 4) is 11.5 Å². The summed E-state index contributed by atoms with van der Waals surface area (Å²) in [5.41, 5.74) is 0.735. The number of aromatic hydroxyl groups is 1. The Labute approximate surface area is 146 Å². The number of carbonyl (C=O) groups is 2. The first-order valence-corrected chi connectivity index (χ1v) is 7.96. The molecule has 2 aromatic rings. The Balaban J connectivity index is 2.10. The number of hydrogen-bond acceptors (Lipinski definition) is 4. The molecule has 1 atom stereocenters. The van der Waals surface area contributed by atoms with E-state index in [1.54, 1.807) is 49.6 Å². The average molecular weight is 342 g/mol. The highest BCUT2D eigenvalue weighted by Crippen LogP contribution is 2.22. The minimum atomic E-state index is -0.741. The number of amides is 2. The van der Waals surface area contributed by atoms with Gasteiger partial charge < -0.3 is 20.5 Å². The van der Waals surface area contributed by atoms with Gasteiger partial charge in [-0.2, -0.15) is 0 Å². The summed E-state index contributed by atoms with van der Waals surface area (Å²) in [6.45, 7) is 3.67. The quantitative estimate of drug-likeness (QED) is 0.705. The average Bonchev–Trinajstić information content (AvgIpc) is 2.61. The molecule has 0 aliphatic carbocycles. The summed E-state index contributed by atoms with van der Waals surface area (Å²) < 4.78 is 5.06. The molecule has 1 unspecified atom stereocenters. The zero-order chi connectivity index (χ0) is 18.4. The van der Waals surface area contributed by atoms with Crippen molar-refractivity contribution in [2.24, 2.45) is 5.92 Å². The SMILES string of the molecule is COc1ccc(C(=O)NC(C(=O)Nc2ccccc2O)C(C)C)cc1. The first-order valence-electron chi connectivity index (χ1n) is 7.96. The Bertz CT molecular complexity index is 741. The number of ether oxygens (including phenoxy) is 1. The third kappa shape index (κ3) is 4.73. The predicted molar refractivity (Wildman–Crippen MR) is 95.8 cm³/mol. The van der Waals surface area contributed by atoms with Crippen LogP contribution in [0.1, 0.15) is 24.2 Å². The van der Waals surface area contributed by atoms with E-state index in [2.05, 4.69) is 10.6 Å². The van der Waals surface area contributed by atoms with Crippen molar-refractivity contribution >= 4 is 17.5 Å². The molecule has 132 valence electrons. The largest absolute Gasteiger partial charge is 0.506 e. The van der Waals surface area contributed by atoms with Crippen LogP contribution in [0.3, 0.4) is 0 Å². The molecule has 3 N–H and O–H groups in total. The molecule has 2 rings (SSSR count). The Morgan fingerprint density at radius 1 is 1.04 bits per heavy atom. The zero-order valence-corrected chi connectivity index (χ0v) is 14.4. The lowest BCUT2D eigenvalue weighted by atomic mass is 10.0. The van der Waals surface area contributed by atoms with E-state index in [0.717, 1.165) is 0 Å². The van der Waals surface area contributed by atoms with Crippen molar-refractivity contribution in [1.29, 1.82) is 0 Å². The predicted octanol–water partition coefficient (Wildman–Crippen LogP) is 2.79. The topological polar surface area (TPSA) is 87.7 Å². The van der Waals surface area contributed by atoms with Crippen LogP contribution in [0.2, 0.25) is 0 Å². The van der Waals surface area contributed by atoms with E-state index in [-0.39, 0.29) is 17.6 Å². The maximum Gasteiger partial charge on any atom is 0.251 e. The van der Waals surface area contributed by atoms with Gasteiger partial charge in [0, 0.05) is 5.56 Å². The molecule has 2 aromatic carbocycles. The minimum Gasteiger partial charge on any atom is -0.506 e. The van der Waals surface area contributed by atoms with Crippen LogP contribution in [-0.2, 0) is 4.79 Å². The monoisotopic (exact) mass is 342 g/mol. The number of para-hydroxylation sites is 2. The van der Waals surface area contributed by atoms with Crippen molar-refractivity contribution < 1.29 is 19.4 Å². The number of rotatable bonds is 6. The molecule has 0 heterocycles. The van der Waals surface area contributed by atoms with Gasteiger partial charge >= 0.3 is 0 Å². The number of benzene rings is 2. The second-order valence-electron chi connectivity index (χ2n) is 5.93. The van der Waals surface area contributed by atoms with Gasteiger partial charge in [-0.25, -0.2) is 0 Å². The number of nitrogens with one attached hydrogen (secondary N) is 2. The van der Waals surface area contributed by atoms with Gasteiger partial charge in [-0.15, -0.1) is 0 Å². The number of methoxy groups -OCH3 is 1. The molecule has 0 fully saturated rings. The van der Waals surface area contributed by atoms with E-state index < -0.39 is 11.9 Å². The fourth-order valence-corrected chi connectivity index (χ4v) is 2.29. The van der Waals surface area contributed by atoms with Crippen molar-refractivity contribution in [3.63, 3.8) is 0 Å². The number of phenolic OH excluding ortho intramolecular Hbond substituents is 1. The van der Waals surface area contributed by atoms with E-state index in [0.29, 0.717) is 17.0 Å². The van der Waals surface area contributed by atoms with E-state index in [9.17, 15) is 14.7 Å². The third-order valence-corrected chi connectivity index (χ3v) is 3.75. The van der Waals surface area contributed by atoms with Crippen LogP contribution in [0, 0.1) is 5.92 Å². The second kappa shape index (κ2) is 8.19. The van der Waals surface area contributed by atoms with Crippen LogP contribution in [0.4, 0.5) is 5.69 Å². The van der Waals surface area contributed by atoms with Gasteiger partial charge in [0.05, 0.1) is 12.8 Å². The maximum atomic E-state index is 12.5. The van der Waals surface area contributed by atoms with Gasteiger partial charge in [0.1, 0.15) is 17.5 Å². The first-order chi connectivity index (χ1) is 11.9. The summed E-state index contributed by atoms with van der Waals surface area (Å²) in [5, 5.41) is 15.2. The zero-order valence-electron chi connectivity index (χ0n) is 14.4. The van der Waals surface area contributed by atoms with Crippen LogP contribution >= 0.6 is 0 Å². The van der Waals surface area contributed by atoms with E-state index in [1.165, 1.54) is 6.07 Å². The molecule has 0 bridgehead atoms. The number of anilines is 1. The Morgan fingerprint density at radius 3 is 2.24 bits per heavy atom. The minimum absolute atomic E-state index is 0.0279. The molecule has 0 radical (unpaired) electrons. The molecule has 0 saturated heterocycles. The van der Waals surface area contributed by atoms with Gasteiger partial charge in [0.2, 0.25) is 5.91 Å². The smallest absolute Gasteiger partial charge is 0.251 e. The number of carbonyl (C=O) groups excluding carboxylic acids is 2. The van der Waals surface area contributed by atoms with Crippen molar-refractivity contribution in [2.75, 3.05) is 12.4 Å². The van der Waals surface area contributed by atoms with Crippen LogP contribution in [0.5, 0.6) is 11.5 Å². The summed E-state index contributed by atoms with van der Waals surface area (Å²) in [4.78, 5) is 24.9. The summed E-state index contributed by atoms with van der Waals surface area (Å²) in [6.07, 6.45) is 0. The molecule has 0 aromatic heterocycles. The highest BCUT2D eigenvalue weighted by Gasteiger charge is 2.25. The van der Waals surface area contributed by atoms with Crippen molar-refractivity contribution in [2.45, 2.75) is 19.9 Å². The van der Waals surface area contributed by atoms with Crippen molar-refractivity contribution in [3.05, 3.63) is 54.1 Å². The molecular weight excluding hydrogens is 320 g/mol. The fraction of sp³-hybridized carbons (Fsp3) is 0.263. The molecule has 6 nitrogen and oxygen atoms in total. The van der Waals surface area contributed by atoms with Gasteiger partial charge in [-0.1, -0.05) is 26.0 Å². The third-order valence-electron chi connectivity index (χ3n) is 3.75. The molecule has 25 heavy (non-hydrogen) atoms. The lowest BCUT2D eigenvalue weighted by Gasteiger charge is -2.22. The summed E-state index contributed by atoms with van der Waals surface area (Å²) >= 11 is 0. The second-order valence-corrected chi connectivity index (χ2v) is 5.93. The number of hydrogen-bond donors (Lipinski definition) is 3. The standard InChI is InChI=1S/C19H22N2O4/c1-12(2)17(19(24)20-15-6-4-5-7-16(15)22)21-18(23)13-8-10-14(25-3)11-9-13/h4-12,17,22H,1-3H3,(H,20,24)(H,21,23). The Hall–Kier alpha value is -3.02. The molecule has 0 saturated carbocycles. The Morgan fingerprint density at radius 2 is 1.68 bits per heavy atom. The first kappa shape index (κ1) is 18.3. The highest BCUT2D eigenvalue weighted by atomic mass is 16.5. The van der Waals surface area contributed by atoms with E-state index >= 15 is 0 Å². The maximum absolute atomic E-state index is 12.5. The van der Waals surface area contributed by atoms with Crippen LogP contribution in [-0.4, -0.2) is 30.1 Å². The normalized spacial score (nSPS) is 11.7. The summed E-state index contributed by atoms with van der Waals surface area (Å²) in [5.74, 6) is -0.255. The van der Waals surface area contributed by atoms with Gasteiger partial charge in [0.25, 0.3) is 5.91 Å². The fourth-order valence-electron chi connectivity index (χ4n) is 2.29. The van der Waals surface area contributed by atoms with Gasteiger partial charge in [-0.05, 0) is 42.3 Å². The highest BCUT2D eigenvalue weighted by molar-refractivity contribution is 6.01. The molecule has 0 spiro atoms. The van der Waals surface area contributed by atoms with Crippen LogP contribution in [0.15, 0.2) is 48.5 Å². The van der Waals surface area contributed by atoms with Crippen LogP contribution in [0.25, 0.3) is 0 Å². The van der Waals surface area contributed by atoms with E-state index in [4.69, 9.17) is 4.74 Å². The molecule has 0 aliphatic heterocycles. The lowest BCUT2D eigenvalue weighted by Crippen LogP contribution is -2.47. The lowest BCUT2D eigenvalue weighted by molar-refractivity contribution is -0.118. The molecular formula is C19H22N2O4. The summed E-state index contributed by atoms with van der Waals surface area (Å²) in [6, 6.07) is 12.3. The molecule has 0 aliphatic rings. The summed E-state index contributed by atoms with van der Waals surface area (Å²) in [7, 11) is 1.55. The molecule has 6 heteroatoms. The van der Waals surface area contributed by atoms with Crippen molar-refractivity contribution in [1.82, 2.24) is 5.32 Å². The Kier molecular flexibility index (Phi) is 6.00. The van der Waals surface area contributed by atoms with Gasteiger partial charge in [-0.3, -0.25) is 9.59 Å². The van der Waals surface area contributed by atoms with Gasteiger partial charge in [0.15, 0.2) is 0 Å².